The molecule has 0 radical (unpaired) electrons. The lowest BCUT2D eigenvalue weighted by atomic mass is 10.1. The van der Waals surface area contributed by atoms with Gasteiger partial charge in [-0.1, -0.05) is 11.6 Å². The Bertz CT molecular complexity index is 389. The highest BCUT2D eigenvalue weighted by Gasteiger charge is 2.28. The van der Waals surface area contributed by atoms with Gasteiger partial charge in [-0.05, 0) is 26.0 Å². The van der Waals surface area contributed by atoms with E-state index in [1.807, 2.05) is 25.1 Å². The molecule has 1 aliphatic heterocycles. The maximum atomic E-state index is 9.70. The zero-order valence-corrected chi connectivity index (χ0v) is 10.1. The lowest BCUT2D eigenvalue weighted by Crippen LogP contribution is -2.30. The molecule has 1 saturated heterocycles. The van der Waals surface area contributed by atoms with Crippen molar-refractivity contribution < 1.29 is 19.7 Å². The lowest BCUT2D eigenvalue weighted by Gasteiger charge is -2.19. The number of ether oxygens (including phenoxy) is 2. The van der Waals surface area contributed by atoms with Gasteiger partial charge < -0.3 is 19.7 Å². The van der Waals surface area contributed by atoms with E-state index >= 15 is 0 Å². The molecule has 0 saturated carbocycles. The van der Waals surface area contributed by atoms with Crippen LogP contribution in [-0.4, -0.2) is 35.6 Å². The summed E-state index contributed by atoms with van der Waals surface area (Å²) in [5, 5.41) is 19.3. The van der Waals surface area contributed by atoms with Gasteiger partial charge in [0, 0.05) is 5.56 Å². The SMILES string of the molecule is Cc1ccc(OC2COCC2O)c([C@@H](C)O)c1. The minimum Gasteiger partial charge on any atom is -0.485 e. The molecule has 1 aliphatic rings. The zero-order chi connectivity index (χ0) is 12.4. The molecule has 1 aromatic rings. The van der Waals surface area contributed by atoms with Crippen molar-refractivity contribution in [2.75, 3.05) is 13.2 Å². The van der Waals surface area contributed by atoms with Crippen molar-refractivity contribution in [2.24, 2.45) is 0 Å². The van der Waals surface area contributed by atoms with Crippen LogP contribution in [0.3, 0.4) is 0 Å². The molecule has 4 heteroatoms. The number of aryl methyl sites for hydroxylation is 1. The summed E-state index contributed by atoms with van der Waals surface area (Å²) in [7, 11) is 0. The molecular formula is C13H18O4. The first-order valence-electron chi connectivity index (χ1n) is 5.79. The fourth-order valence-electron chi connectivity index (χ4n) is 1.90. The van der Waals surface area contributed by atoms with Crippen LogP contribution in [0.25, 0.3) is 0 Å². The standard InChI is InChI=1S/C13H18O4/c1-8-3-4-12(10(5-8)9(2)14)17-13-7-16-6-11(13)15/h3-5,9,11,13-15H,6-7H2,1-2H3/t9-,11?,13?/m1/s1. The second-order valence-electron chi connectivity index (χ2n) is 4.48. The third-order valence-corrected chi connectivity index (χ3v) is 2.89. The molecule has 17 heavy (non-hydrogen) atoms. The number of rotatable bonds is 3. The summed E-state index contributed by atoms with van der Waals surface area (Å²) in [6.07, 6.45) is -1.54. The summed E-state index contributed by atoms with van der Waals surface area (Å²) >= 11 is 0. The number of hydrogen-bond donors (Lipinski definition) is 2. The van der Waals surface area contributed by atoms with Crippen molar-refractivity contribution in [3.63, 3.8) is 0 Å². The number of aliphatic hydroxyl groups excluding tert-OH is 2. The second kappa shape index (κ2) is 5.04. The third-order valence-electron chi connectivity index (χ3n) is 2.89. The van der Waals surface area contributed by atoms with Gasteiger partial charge in [0.1, 0.15) is 18.0 Å². The van der Waals surface area contributed by atoms with Crippen LogP contribution in [0.1, 0.15) is 24.2 Å². The first-order valence-corrected chi connectivity index (χ1v) is 5.79. The molecule has 2 N–H and O–H groups in total. The number of aliphatic hydroxyl groups is 2. The summed E-state index contributed by atoms with van der Waals surface area (Å²) < 4.78 is 10.8. The summed E-state index contributed by atoms with van der Waals surface area (Å²) in [5.74, 6) is 0.611. The van der Waals surface area contributed by atoms with Crippen molar-refractivity contribution in [3.05, 3.63) is 29.3 Å². The molecule has 0 amide bonds. The fraction of sp³-hybridized carbons (Fsp3) is 0.538. The van der Waals surface area contributed by atoms with E-state index in [-0.39, 0.29) is 6.10 Å². The van der Waals surface area contributed by atoms with Crippen LogP contribution in [0.5, 0.6) is 5.75 Å². The van der Waals surface area contributed by atoms with Gasteiger partial charge in [-0.25, -0.2) is 0 Å². The molecule has 1 heterocycles. The Labute approximate surface area is 101 Å². The summed E-state index contributed by atoms with van der Waals surface area (Å²) in [5.41, 5.74) is 1.81. The van der Waals surface area contributed by atoms with Gasteiger partial charge in [-0.3, -0.25) is 0 Å². The van der Waals surface area contributed by atoms with Crippen LogP contribution in [0.4, 0.5) is 0 Å². The molecule has 4 nitrogen and oxygen atoms in total. The largest absolute Gasteiger partial charge is 0.485 e. The molecule has 0 aliphatic carbocycles. The Kier molecular flexibility index (Phi) is 3.66. The van der Waals surface area contributed by atoms with Crippen LogP contribution in [0, 0.1) is 6.92 Å². The van der Waals surface area contributed by atoms with E-state index in [1.165, 1.54) is 0 Å². The van der Waals surface area contributed by atoms with E-state index in [1.54, 1.807) is 6.92 Å². The van der Waals surface area contributed by atoms with Crippen LogP contribution in [-0.2, 0) is 4.74 Å². The average molecular weight is 238 g/mol. The van der Waals surface area contributed by atoms with Crippen LogP contribution >= 0.6 is 0 Å². The topological polar surface area (TPSA) is 58.9 Å². The quantitative estimate of drug-likeness (QED) is 0.830. The highest BCUT2D eigenvalue weighted by Crippen LogP contribution is 2.28. The molecule has 0 spiro atoms. The van der Waals surface area contributed by atoms with Gasteiger partial charge in [-0.2, -0.15) is 0 Å². The van der Waals surface area contributed by atoms with Gasteiger partial charge in [0.25, 0.3) is 0 Å². The molecule has 1 fully saturated rings. The van der Waals surface area contributed by atoms with Crippen LogP contribution < -0.4 is 4.74 Å². The number of hydrogen-bond acceptors (Lipinski definition) is 4. The molecule has 94 valence electrons. The van der Waals surface area contributed by atoms with Crippen molar-refractivity contribution in [1.29, 1.82) is 0 Å². The zero-order valence-electron chi connectivity index (χ0n) is 10.1. The van der Waals surface area contributed by atoms with E-state index in [0.717, 1.165) is 11.1 Å². The highest BCUT2D eigenvalue weighted by molar-refractivity contribution is 5.38. The Morgan fingerprint density at radius 3 is 2.76 bits per heavy atom. The maximum Gasteiger partial charge on any atom is 0.150 e. The smallest absolute Gasteiger partial charge is 0.150 e. The maximum absolute atomic E-state index is 9.70. The normalized spacial score (nSPS) is 25.9. The lowest BCUT2D eigenvalue weighted by molar-refractivity contribution is 0.0704. The Morgan fingerprint density at radius 1 is 1.41 bits per heavy atom. The molecule has 2 rings (SSSR count). The number of benzene rings is 1. The summed E-state index contributed by atoms with van der Waals surface area (Å²) in [6.45, 7) is 4.35. The molecule has 2 unspecified atom stereocenters. The first-order chi connectivity index (χ1) is 8.08. The Balaban J connectivity index is 2.19. The average Bonchev–Trinajstić information content (AvgIpc) is 2.67. The van der Waals surface area contributed by atoms with E-state index in [2.05, 4.69) is 0 Å². The molecule has 3 atom stereocenters. The fourth-order valence-corrected chi connectivity index (χ4v) is 1.90. The summed E-state index contributed by atoms with van der Waals surface area (Å²) in [6, 6.07) is 5.63. The van der Waals surface area contributed by atoms with E-state index in [4.69, 9.17) is 9.47 Å². The van der Waals surface area contributed by atoms with Crippen LogP contribution in [0.2, 0.25) is 0 Å². The van der Waals surface area contributed by atoms with Crippen molar-refractivity contribution in [2.45, 2.75) is 32.2 Å². The highest BCUT2D eigenvalue weighted by atomic mass is 16.6. The van der Waals surface area contributed by atoms with Gasteiger partial charge in [0.05, 0.1) is 19.3 Å². The van der Waals surface area contributed by atoms with E-state index < -0.39 is 12.2 Å². The van der Waals surface area contributed by atoms with E-state index in [0.29, 0.717) is 19.0 Å². The van der Waals surface area contributed by atoms with Crippen molar-refractivity contribution in [3.8, 4) is 5.75 Å². The van der Waals surface area contributed by atoms with Gasteiger partial charge in [-0.15, -0.1) is 0 Å². The molecular weight excluding hydrogens is 220 g/mol. The predicted octanol–water partition coefficient (Wildman–Crippen LogP) is 1.19. The summed E-state index contributed by atoms with van der Waals surface area (Å²) in [4.78, 5) is 0. The monoisotopic (exact) mass is 238 g/mol. The van der Waals surface area contributed by atoms with E-state index in [9.17, 15) is 10.2 Å². The molecule has 1 aromatic carbocycles. The Morgan fingerprint density at radius 2 is 2.18 bits per heavy atom. The minimum atomic E-state index is -0.599. The second-order valence-corrected chi connectivity index (χ2v) is 4.48. The van der Waals surface area contributed by atoms with Gasteiger partial charge in [0.2, 0.25) is 0 Å². The van der Waals surface area contributed by atoms with Crippen molar-refractivity contribution >= 4 is 0 Å². The molecule has 0 bridgehead atoms. The van der Waals surface area contributed by atoms with Crippen LogP contribution in [0.15, 0.2) is 18.2 Å². The predicted molar refractivity (Wildman–Crippen MR) is 63.1 cm³/mol. The third kappa shape index (κ3) is 2.77. The Hall–Kier alpha value is -1.10. The van der Waals surface area contributed by atoms with Crippen molar-refractivity contribution in [1.82, 2.24) is 0 Å². The first kappa shape index (κ1) is 12.4. The minimum absolute atomic E-state index is 0.306. The van der Waals surface area contributed by atoms with Gasteiger partial charge >= 0.3 is 0 Å². The van der Waals surface area contributed by atoms with Gasteiger partial charge in [0.15, 0.2) is 0 Å². The molecule has 0 aromatic heterocycles.